The Kier molecular flexibility index (Phi) is 4.61. The molecular formula is C22H21N5OS. The first-order valence-corrected chi connectivity index (χ1v) is 10.5. The van der Waals surface area contributed by atoms with Gasteiger partial charge in [-0.05, 0) is 25.1 Å². The second-order valence-electron chi connectivity index (χ2n) is 7.16. The number of fused-ring (bicyclic) bond motifs is 1. The van der Waals surface area contributed by atoms with Gasteiger partial charge < -0.3 is 10.2 Å². The van der Waals surface area contributed by atoms with E-state index in [-0.39, 0.29) is 5.91 Å². The summed E-state index contributed by atoms with van der Waals surface area (Å²) >= 11 is 1.64. The van der Waals surface area contributed by atoms with Crippen LogP contribution in [0.5, 0.6) is 0 Å². The Balaban J connectivity index is 1.43. The summed E-state index contributed by atoms with van der Waals surface area (Å²) in [6, 6.07) is 15.9. The van der Waals surface area contributed by atoms with Crippen LogP contribution in [0.25, 0.3) is 32.9 Å². The topological polar surface area (TPSA) is 73.9 Å². The molecule has 3 heterocycles. The molecule has 1 amide bonds. The molecule has 1 saturated heterocycles. The number of rotatable bonds is 3. The Labute approximate surface area is 172 Å². The number of thiazole rings is 1. The molecule has 5 rings (SSSR count). The fourth-order valence-electron chi connectivity index (χ4n) is 3.71. The molecule has 29 heavy (non-hydrogen) atoms. The van der Waals surface area contributed by atoms with Gasteiger partial charge in [0.05, 0.1) is 11.2 Å². The summed E-state index contributed by atoms with van der Waals surface area (Å²) in [6.45, 7) is 5.30. The maximum absolute atomic E-state index is 12.7. The second kappa shape index (κ2) is 7.42. The standard InChI is InChI=1S/C22H21N5OS/c1-14-19(24-21(29-14)20-17-4-2-3-5-18(17)25-26-20)15-6-8-16(9-7-15)22(28)27-12-10-23-11-13-27/h2-9,23H,10-13H2,1H3,(H,25,26). The lowest BCUT2D eigenvalue weighted by molar-refractivity contribution is 0.0736. The number of aryl methyl sites for hydroxylation is 1. The molecule has 1 aliphatic heterocycles. The van der Waals surface area contributed by atoms with Crippen LogP contribution in [0, 0.1) is 6.92 Å². The SMILES string of the molecule is Cc1sc(-c2n[nH]c3ccccc23)nc1-c1ccc(C(=O)N2CCNCC2)cc1. The van der Waals surface area contributed by atoms with Gasteiger partial charge in [0.2, 0.25) is 0 Å². The number of carbonyl (C=O) groups excluding carboxylic acids is 1. The summed E-state index contributed by atoms with van der Waals surface area (Å²) in [6.07, 6.45) is 0. The van der Waals surface area contributed by atoms with Crippen LogP contribution in [0.15, 0.2) is 48.5 Å². The number of nitrogens with zero attached hydrogens (tertiary/aromatic N) is 3. The monoisotopic (exact) mass is 403 g/mol. The van der Waals surface area contributed by atoms with Crippen molar-refractivity contribution in [2.75, 3.05) is 26.2 Å². The number of H-pyrrole nitrogens is 1. The first-order valence-electron chi connectivity index (χ1n) is 9.72. The first-order chi connectivity index (χ1) is 14.2. The third-order valence-electron chi connectivity index (χ3n) is 5.28. The van der Waals surface area contributed by atoms with Crippen molar-refractivity contribution in [2.24, 2.45) is 0 Å². The lowest BCUT2D eigenvalue weighted by Gasteiger charge is -2.27. The summed E-state index contributed by atoms with van der Waals surface area (Å²) in [7, 11) is 0. The van der Waals surface area contributed by atoms with E-state index in [0.717, 1.165) is 69.5 Å². The average Bonchev–Trinajstić information content (AvgIpc) is 3.37. The third-order valence-corrected chi connectivity index (χ3v) is 6.26. The van der Waals surface area contributed by atoms with Gasteiger partial charge in [0, 0.05) is 47.6 Å². The van der Waals surface area contributed by atoms with E-state index in [9.17, 15) is 4.79 Å². The molecule has 0 radical (unpaired) electrons. The number of hydrogen-bond acceptors (Lipinski definition) is 5. The summed E-state index contributed by atoms with van der Waals surface area (Å²) in [5.41, 5.74) is 4.57. The summed E-state index contributed by atoms with van der Waals surface area (Å²) < 4.78 is 0. The molecule has 2 aromatic carbocycles. The van der Waals surface area contributed by atoms with Crippen molar-refractivity contribution in [2.45, 2.75) is 6.92 Å². The van der Waals surface area contributed by atoms with Crippen LogP contribution in [-0.2, 0) is 0 Å². The predicted molar refractivity (Wildman–Crippen MR) is 116 cm³/mol. The molecule has 1 aliphatic rings. The maximum atomic E-state index is 12.7. The predicted octanol–water partition coefficient (Wildman–Crippen LogP) is 3.71. The van der Waals surface area contributed by atoms with Crippen molar-refractivity contribution in [3.05, 3.63) is 59.0 Å². The molecule has 0 saturated carbocycles. The lowest BCUT2D eigenvalue weighted by Crippen LogP contribution is -2.46. The molecule has 1 fully saturated rings. The van der Waals surface area contributed by atoms with Crippen LogP contribution in [0.3, 0.4) is 0 Å². The van der Waals surface area contributed by atoms with Crippen molar-refractivity contribution >= 4 is 28.1 Å². The van der Waals surface area contributed by atoms with Crippen LogP contribution < -0.4 is 5.32 Å². The van der Waals surface area contributed by atoms with Crippen molar-refractivity contribution < 1.29 is 4.79 Å². The van der Waals surface area contributed by atoms with E-state index < -0.39 is 0 Å². The third kappa shape index (κ3) is 3.32. The number of aromatic nitrogens is 3. The van der Waals surface area contributed by atoms with Gasteiger partial charge in [0.25, 0.3) is 5.91 Å². The summed E-state index contributed by atoms with van der Waals surface area (Å²) in [4.78, 5) is 20.6. The fraction of sp³-hybridized carbons (Fsp3) is 0.227. The molecular weight excluding hydrogens is 382 g/mol. The van der Waals surface area contributed by atoms with Gasteiger partial charge in [0.15, 0.2) is 0 Å². The Morgan fingerprint density at radius 1 is 1.03 bits per heavy atom. The highest BCUT2D eigenvalue weighted by atomic mass is 32.1. The normalized spacial score (nSPS) is 14.4. The number of hydrogen-bond donors (Lipinski definition) is 2. The van der Waals surface area contributed by atoms with Gasteiger partial charge in [0.1, 0.15) is 10.7 Å². The zero-order valence-corrected chi connectivity index (χ0v) is 16.9. The van der Waals surface area contributed by atoms with E-state index >= 15 is 0 Å². The van der Waals surface area contributed by atoms with E-state index in [1.807, 2.05) is 47.4 Å². The first kappa shape index (κ1) is 18.0. The minimum absolute atomic E-state index is 0.0942. The molecule has 146 valence electrons. The Morgan fingerprint density at radius 2 is 1.79 bits per heavy atom. The molecule has 0 spiro atoms. The Morgan fingerprint density at radius 3 is 2.59 bits per heavy atom. The summed E-state index contributed by atoms with van der Waals surface area (Å²) in [5.74, 6) is 0.0942. The van der Waals surface area contributed by atoms with E-state index in [4.69, 9.17) is 4.98 Å². The number of benzene rings is 2. The maximum Gasteiger partial charge on any atom is 0.253 e. The average molecular weight is 404 g/mol. The number of amides is 1. The quantitative estimate of drug-likeness (QED) is 0.547. The smallest absolute Gasteiger partial charge is 0.253 e. The van der Waals surface area contributed by atoms with Crippen LogP contribution in [0.2, 0.25) is 0 Å². The fourth-order valence-corrected chi connectivity index (χ4v) is 4.65. The van der Waals surface area contributed by atoms with Crippen LogP contribution in [0.4, 0.5) is 0 Å². The molecule has 4 aromatic rings. The molecule has 0 unspecified atom stereocenters. The summed E-state index contributed by atoms with van der Waals surface area (Å²) in [5, 5.41) is 12.8. The Bertz CT molecular complexity index is 1170. The molecule has 0 aliphatic carbocycles. The van der Waals surface area contributed by atoms with Gasteiger partial charge in [-0.25, -0.2) is 4.98 Å². The van der Waals surface area contributed by atoms with Crippen LogP contribution in [-0.4, -0.2) is 52.2 Å². The van der Waals surface area contributed by atoms with Crippen molar-refractivity contribution in [1.29, 1.82) is 0 Å². The molecule has 2 N–H and O–H groups in total. The van der Waals surface area contributed by atoms with Gasteiger partial charge >= 0.3 is 0 Å². The zero-order chi connectivity index (χ0) is 19.8. The minimum Gasteiger partial charge on any atom is -0.336 e. The largest absolute Gasteiger partial charge is 0.336 e. The lowest BCUT2D eigenvalue weighted by atomic mass is 10.1. The van der Waals surface area contributed by atoms with E-state index in [2.05, 4.69) is 28.5 Å². The van der Waals surface area contributed by atoms with Gasteiger partial charge in [-0.1, -0.05) is 30.3 Å². The van der Waals surface area contributed by atoms with Gasteiger partial charge in [-0.2, -0.15) is 5.10 Å². The molecule has 2 aromatic heterocycles. The molecule has 6 nitrogen and oxygen atoms in total. The van der Waals surface area contributed by atoms with E-state index in [0.29, 0.717) is 0 Å². The number of nitrogens with one attached hydrogen (secondary N) is 2. The molecule has 7 heteroatoms. The number of piperazine rings is 1. The highest BCUT2D eigenvalue weighted by molar-refractivity contribution is 7.15. The van der Waals surface area contributed by atoms with E-state index in [1.165, 1.54) is 0 Å². The highest BCUT2D eigenvalue weighted by Crippen LogP contribution is 2.35. The van der Waals surface area contributed by atoms with Gasteiger partial charge in [-0.15, -0.1) is 11.3 Å². The van der Waals surface area contributed by atoms with Gasteiger partial charge in [-0.3, -0.25) is 9.89 Å². The van der Waals surface area contributed by atoms with Crippen molar-refractivity contribution in [3.8, 4) is 22.0 Å². The minimum atomic E-state index is 0.0942. The Hall–Kier alpha value is -3.03. The zero-order valence-electron chi connectivity index (χ0n) is 16.1. The van der Waals surface area contributed by atoms with Crippen molar-refractivity contribution in [3.63, 3.8) is 0 Å². The molecule has 0 atom stereocenters. The van der Waals surface area contributed by atoms with Crippen molar-refractivity contribution in [1.82, 2.24) is 25.4 Å². The number of carbonyl (C=O) groups is 1. The van der Waals surface area contributed by atoms with Crippen LogP contribution >= 0.6 is 11.3 Å². The highest BCUT2D eigenvalue weighted by Gasteiger charge is 2.19. The molecule has 0 bridgehead atoms. The van der Waals surface area contributed by atoms with E-state index in [1.54, 1.807) is 11.3 Å². The second-order valence-corrected chi connectivity index (χ2v) is 8.36. The van der Waals surface area contributed by atoms with Crippen LogP contribution in [0.1, 0.15) is 15.2 Å². The number of aromatic amines is 1. The number of para-hydroxylation sites is 1.